The number of benzene rings is 2. The lowest BCUT2D eigenvalue weighted by Gasteiger charge is -2.31. The van der Waals surface area contributed by atoms with Crippen LogP contribution < -0.4 is 25.6 Å². The highest BCUT2D eigenvalue weighted by atomic mass is 32.1. The zero-order valence-corrected chi connectivity index (χ0v) is 18.6. The number of thiocarbonyl (C=S) groups is 1. The van der Waals surface area contributed by atoms with Crippen LogP contribution in [-0.2, 0) is 4.79 Å². The summed E-state index contributed by atoms with van der Waals surface area (Å²) < 4.78 is 5.36. The number of carbonyl (C=O) groups is 1. The topological polar surface area (TPSA) is 65.6 Å². The van der Waals surface area contributed by atoms with Gasteiger partial charge in [0.05, 0.1) is 24.4 Å². The fourth-order valence-electron chi connectivity index (χ4n) is 3.65. The summed E-state index contributed by atoms with van der Waals surface area (Å²) in [4.78, 5) is 15.5. The molecule has 3 rings (SSSR count). The van der Waals surface area contributed by atoms with E-state index in [4.69, 9.17) is 17.0 Å². The van der Waals surface area contributed by atoms with Gasteiger partial charge in [-0.25, -0.2) is 0 Å². The van der Waals surface area contributed by atoms with Gasteiger partial charge in [0.25, 0.3) is 5.91 Å². The predicted molar refractivity (Wildman–Crippen MR) is 126 cm³/mol. The molecule has 1 aliphatic rings. The summed E-state index contributed by atoms with van der Waals surface area (Å²) in [6, 6.07) is 15.3. The van der Waals surface area contributed by atoms with Crippen molar-refractivity contribution in [2.24, 2.45) is 0 Å². The second-order valence-corrected chi connectivity index (χ2v) is 7.40. The quantitative estimate of drug-likeness (QED) is 0.585. The Morgan fingerprint density at radius 1 is 1.13 bits per heavy atom. The fraction of sp³-hybridized carbons (Fsp3) is 0.304. The number of anilines is 2. The molecule has 1 atom stereocenters. The number of hydrogen-bond donors (Lipinski definition) is 3. The molecule has 3 N–H and O–H groups in total. The molecule has 0 bridgehead atoms. The predicted octanol–water partition coefficient (Wildman–Crippen LogP) is 3.97. The van der Waals surface area contributed by atoms with Crippen molar-refractivity contribution in [1.29, 1.82) is 0 Å². The lowest BCUT2D eigenvalue weighted by molar-refractivity contribution is -0.113. The Balaban J connectivity index is 1.92. The van der Waals surface area contributed by atoms with Crippen LogP contribution in [0.1, 0.15) is 32.4 Å². The zero-order valence-electron chi connectivity index (χ0n) is 17.8. The van der Waals surface area contributed by atoms with Crippen molar-refractivity contribution in [2.75, 3.05) is 30.4 Å². The average molecular weight is 425 g/mol. The standard InChI is InChI=1S/C23H28N4O2S/c1-5-27(6-2)17-13-11-16(12-14-17)21-20(15(3)24-23(30)26-21)22(28)25-18-9-7-8-10-19(18)29-4/h7-14,21H,5-6H2,1-4H3,(H,25,28)(H2,24,26,30)/t21-/m1/s1. The number of nitrogens with one attached hydrogen (secondary N) is 3. The van der Waals surface area contributed by atoms with Gasteiger partial charge in [0.15, 0.2) is 5.11 Å². The fourth-order valence-corrected chi connectivity index (χ4v) is 3.92. The molecule has 0 saturated carbocycles. The van der Waals surface area contributed by atoms with Crippen LogP contribution in [0.3, 0.4) is 0 Å². The Kier molecular flexibility index (Phi) is 6.95. The highest BCUT2D eigenvalue weighted by Crippen LogP contribution is 2.31. The van der Waals surface area contributed by atoms with Gasteiger partial charge >= 0.3 is 0 Å². The number of amides is 1. The minimum Gasteiger partial charge on any atom is -0.495 e. The van der Waals surface area contributed by atoms with Crippen molar-refractivity contribution in [1.82, 2.24) is 10.6 Å². The summed E-state index contributed by atoms with van der Waals surface area (Å²) in [6.45, 7) is 8.02. The van der Waals surface area contributed by atoms with Crippen LogP contribution in [0.15, 0.2) is 59.8 Å². The van der Waals surface area contributed by atoms with E-state index in [2.05, 4.69) is 46.8 Å². The summed E-state index contributed by atoms with van der Waals surface area (Å²) >= 11 is 5.36. The third-order valence-electron chi connectivity index (χ3n) is 5.22. The lowest BCUT2D eigenvalue weighted by atomic mass is 9.94. The Bertz CT molecular complexity index is 952. The van der Waals surface area contributed by atoms with Crippen LogP contribution in [0.25, 0.3) is 0 Å². The van der Waals surface area contributed by atoms with Gasteiger partial charge < -0.3 is 25.6 Å². The van der Waals surface area contributed by atoms with Gasteiger partial charge in [-0.15, -0.1) is 0 Å². The monoisotopic (exact) mass is 424 g/mol. The first-order valence-corrected chi connectivity index (χ1v) is 10.5. The molecule has 2 aromatic rings. The molecule has 2 aromatic carbocycles. The Morgan fingerprint density at radius 3 is 2.43 bits per heavy atom. The van der Waals surface area contributed by atoms with Gasteiger partial charge in [0.2, 0.25) is 0 Å². The number of rotatable bonds is 7. The second-order valence-electron chi connectivity index (χ2n) is 6.99. The maximum atomic E-state index is 13.2. The Hall–Kier alpha value is -3.06. The molecular weight excluding hydrogens is 396 g/mol. The maximum Gasteiger partial charge on any atom is 0.255 e. The smallest absolute Gasteiger partial charge is 0.255 e. The molecule has 0 unspecified atom stereocenters. The molecule has 6 nitrogen and oxygen atoms in total. The van der Waals surface area contributed by atoms with E-state index in [0.29, 0.717) is 22.1 Å². The van der Waals surface area contributed by atoms with Crippen LogP contribution in [0.2, 0.25) is 0 Å². The van der Waals surface area contributed by atoms with Crippen LogP contribution in [0, 0.1) is 0 Å². The van der Waals surface area contributed by atoms with Gasteiger partial charge in [-0.3, -0.25) is 4.79 Å². The summed E-state index contributed by atoms with van der Waals surface area (Å²) in [5, 5.41) is 9.78. The molecule has 0 saturated heterocycles. The average Bonchev–Trinajstić information content (AvgIpc) is 2.75. The van der Waals surface area contributed by atoms with Gasteiger partial charge in [0, 0.05) is 24.5 Å². The third-order valence-corrected chi connectivity index (χ3v) is 5.44. The third kappa shape index (κ3) is 4.57. The van der Waals surface area contributed by atoms with Gasteiger partial charge in [-0.1, -0.05) is 24.3 Å². The van der Waals surface area contributed by atoms with Gasteiger partial charge in [0.1, 0.15) is 5.75 Å². The minimum atomic E-state index is -0.348. The Morgan fingerprint density at radius 2 is 1.80 bits per heavy atom. The molecule has 158 valence electrons. The summed E-state index contributed by atoms with van der Waals surface area (Å²) in [6.07, 6.45) is 0. The summed E-state index contributed by atoms with van der Waals surface area (Å²) in [5.41, 5.74) is 4.06. The number of hydrogen-bond acceptors (Lipinski definition) is 4. The van der Waals surface area contributed by atoms with E-state index < -0.39 is 0 Å². The van der Waals surface area contributed by atoms with Crippen LogP contribution in [0.5, 0.6) is 5.75 Å². The van der Waals surface area contributed by atoms with Crippen molar-refractivity contribution in [2.45, 2.75) is 26.8 Å². The highest BCUT2D eigenvalue weighted by molar-refractivity contribution is 7.80. The van der Waals surface area contributed by atoms with E-state index in [-0.39, 0.29) is 11.9 Å². The maximum absolute atomic E-state index is 13.2. The number of allylic oxidation sites excluding steroid dienone is 1. The van der Waals surface area contributed by atoms with E-state index in [1.807, 2.05) is 43.3 Å². The second kappa shape index (κ2) is 9.63. The zero-order chi connectivity index (χ0) is 21.7. The molecule has 0 aliphatic carbocycles. The molecule has 0 spiro atoms. The molecule has 0 fully saturated rings. The molecule has 1 heterocycles. The first kappa shape index (κ1) is 21.6. The molecule has 0 aromatic heterocycles. The first-order valence-electron chi connectivity index (χ1n) is 10.1. The van der Waals surface area contributed by atoms with Crippen LogP contribution in [0.4, 0.5) is 11.4 Å². The summed E-state index contributed by atoms with van der Waals surface area (Å²) in [5.74, 6) is 0.397. The largest absolute Gasteiger partial charge is 0.495 e. The molecule has 0 radical (unpaired) electrons. The van der Waals surface area contributed by atoms with Crippen LogP contribution in [-0.4, -0.2) is 31.2 Å². The van der Waals surface area contributed by atoms with E-state index in [1.165, 1.54) is 0 Å². The van der Waals surface area contributed by atoms with E-state index in [0.717, 1.165) is 30.0 Å². The molecule has 1 amide bonds. The number of para-hydroxylation sites is 2. The van der Waals surface area contributed by atoms with Crippen molar-refractivity contribution in [3.05, 3.63) is 65.4 Å². The van der Waals surface area contributed by atoms with E-state index >= 15 is 0 Å². The highest BCUT2D eigenvalue weighted by Gasteiger charge is 2.30. The van der Waals surface area contributed by atoms with Crippen molar-refractivity contribution >= 4 is 34.6 Å². The SMILES string of the molecule is CCN(CC)c1ccc([C@H]2NC(=S)NC(C)=C2C(=O)Nc2ccccc2OC)cc1. The van der Waals surface area contributed by atoms with Gasteiger partial charge in [-0.05, 0) is 62.8 Å². The lowest BCUT2D eigenvalue weighted by Crippen LogP contribution is -2.45. The number of ether oxygens (including phenoxy) is 1. The van der Waals surface area contributed by atoms with E-state index in [9.17, 15) is 4.79 Å². The first-order chi connectivity index (χ1) is 14.5. The van der Waals surface area contributed by atoms with Gasteiger partial charge in [-0.2, -0.15) is 0 Å². The number of nitrogens with zero attached hydrogens (tertiary/aromatic N) is 1. The molecule has 1 aliphatic heterocycles. The van der Waals surface area contributed by atoms with Crippen molar-refractivity contribution in [3.63, 3.8) is 0 Å². The number of carbonyl (C=O) groups excluding carboxylic acids is 1. The Labute approximate surface area is 183 Å². The van der Waals surface area contributed by atoms with E-state index in [1.54, 1.807) is 7.11 Å². The molecule has 7 heteroatoms. The summed E-state index contributed by atoms with van der Waals surface area (Å²) in [7, 11) is 1.58. The minimum absolute atomic E-state index is 0.211. The molecular formula is C23H28N4O2S. The number of methoxy groups -OCH3 is 1. The normalized spacial score (nSPS) is 15.9. The van der Waals surface area contributed by atoms with Crippen LogP contribution >= 0.6 is 12.2 Å². The van der Waals surface area contributed by atoms with Crippen molar-refractivity contribution < 1.29 is 9.53 Å². The van der Waals surface area contributed by atoms with Crippen molar-refractivity contribution in [3.8, 4) is 5.75 Å². The molecule has 30 heavy (non-hydrogen) atoms.